The summed E-state index contributed by atoms with van der Waals surface area (Å²) in [5.74, 6) is 2.55. The van der Waals surface area contributed by atoms with Gasteiger partial charge in [0.1, 0.15) is 5.69 Å². The first-order chi connectivity index (χ1) is 16.2. The summed E-state index contributed by atoms with van der Waals surface area (Å²) >= 11 is 0. The summed E-state index contributed by atoms with van der Waals surface area (Å²) in [4.78, 5) is 6.77. The Morgan fingerprint density at radius 2 is 1.97 bits per heavy atom. The van der Waals surface area contributed by atoms with Crippen LogP contribution in [0.4, 0.5) is 5.82 Å². The molecule has 2 aliphatic carbocycles. The number of hydrogen-bond donors (Lipinski definition) is 1. The standard InChI is InChI=1S/C25H32N8/c1-17(33-16-24(29-31-33)21-11-20(13-26-14-21)19-6-7-19)23-8-9-25(30-28-23)32-10-2-3-22(15-32)27-12-18-4-5-18/h8-9,11,13-14,16-19,22,27H,2-7,10,12,15H2,1H3. The second kappa shape index (κ2) is 8.82. The highest BCUT2D eigenvalue weighted by Gasteiger charge is 2.26. The van der Waals surface area contributed by atoms with Gasteiger partial charge in [-0.2, -0.15) is 5.10 Å². The molecule has 3 fully saturated rings. The van der Waals surface area contributed by atoms with Gasteiger partial charge in [-0.15, -0.1) is 10.2 Å². The molecule has 0 amide bonds. The molecule has 1 aliphatic heterocycles. The number of pyridine rings is 1. The minimum atomic E-state index is -0.0401. The van der Waals surface area contributed by atoms with E-state index in [0.29, 0.717) is 12.0 Å². The number of anilines is 1. The molecule has 3 aliphatic rings. The number of rotatable bonds is 8. The Morgan fingerprint density at radius 1 is 1.06 bits per heavy atom. The molecule has 0 aromatic carbocycles. The highest BCUT2D eigenvalue weighted by molar-refractivity contribution is 5.57. The molecule has 1 N–H and O–H groups in total. The van der Waals surface area contributed by atoms with Gasteiger partial charge in [-0.3, -0.25) is 4.98 Å². The molecule has 8 heteroatoms. The Labute approximate surface area is 194 Å². The van der Waals surface area contributed by atoms with Crippen LogP contribution in [-0.2, 0) is 0 Å². The van der Waals surface area contributed by atoms with Crippen molar-refractivity contribution in [3.8, 4) is 11.3 Å². The van der Waals surface area contributed by atoms with Crippen molar-refractivity contribution in [2.75, 3.05) is 24.5 Å². The monoisotopic (exact) mass is 444 g/mol. The summed E-state index contributed by atoms with van der Waals surface area (Å²) in [5, 5.41) is 21.6. The summed E-state index contributed by atoms with van der Waals surface area (Å²) in [6, 6.07) is 6.89. The third-order valence-corrected chi connectivity index (χ3v) is 7.25. The lowest BCUT2D eigenvalue weighted by atomic mass is 10.1. The van der Waals surface area contributed by atoms with Crippen LogP contribution in [0, 0.1) is 5.92 Å². The van der Waals surface area contributed by atoms with E-state index in [1.807, 2.05) is 23.3 Å². The lowest BCUT2D eigenvalue weighted by molar-refractivity contribution is 0.414. The SMILES string of the molecule is CC(c1ccc(N2CCCC(NCC3CC3)C2)nn1)n1cc(-c2cncc(C3CC3)c2)nn1. The largest absolute Gasteiger partial charge is 0.354 e. The van der Waals surface area contributed by atoms with E-state index in [2.05, 4.69) is 60.8 Å². The zero-order chi connectivity index (χ0) is 22.2. The van der Waals surface area contributed by atoms with Crippen LogP contribution in [0.5, 0.6) is 0 Å². The van der Waals surface area contributed by atoms with Crippen molar-refractivity contribution in [1.82, 2.24) is 35.5 Å². The average molecular weight is 445 g/mol. The molecule has 0 spiro atoms. The third-order valence-electron chi connectivity index (χ3n) is 7.25. The van der Waals surface area contributed by atoms with Crippen LogP contribution in [-0.4, -0.2) is 55.9 Å². The van der Waals surface area contributed by atoms with Crippen LogP contribution in [0.2, 0.25) is 0 Å². The van der Waals surface area contributed by atoms with E-state index in [1.165, 1.54) is 50.6 Å². The normalized spacial score (nSPS) is 21.8. The highest BCUT2D eigenvalue weighted by atomic mass is 15.4. The molecule has 8 nitrogen and oxygen atoms in total. The summed E-state index contributed by atoms with van der Waals surface area (Å²) in [5.41, 5.74) is 4.06. The first-order valence-electron chi connectivity index (χ1n) is 12.4. The number of nitrogens with one attached hydrogen (secondary N) is 1. The summed E-state index contributed by atoms with van der Waals surface area (Å²) in [7, 11) is 0. The average Bonchev–Trinajstić information content (AvgIpc) is 3.81. The number of nitrogens with zero attached hydrogens (tertiary/aromatic N) is 7. The van der Waals surface area contributed by atoms with E-state index in [9.17, 15) is 0 Å². The molecule has 0 radical (unpaired) electrons. The van der Waals surface area contributed by atoms with Gasteiger partial charge >= 0.3 is 0 Å². The van der Waals surface area contributed by atoms with Crippen LogP contribution in [0.1, 0.15) is 68.7 Å². The zero-order valence-electron chi connectivity index (χ0n) is 19.3. The van der Waals surface area contributed by atoms with Crippen LogP contribution in [0.15, 0.2) is 36.8 Å². The lowest BCUT2D eigenvalue weighted by Crippen LogP contribution is -2.46. The maximum absolute atomic E-state index is 4.57. The van der Waals surface area contributed by atoms with Crippen molar-refractivity contribution in [3.63, 3.8) is 0 Å². The molecular weight excluding hydrogens is 412 g/mol. The molecule has 1 saturated heterocycles. The van der Waals surface area contributed by atoms with Gasteiger partial charge in [-0.05, 0) is 87.6 Å². The van der Waals surface area contributed by atoms with Crippen molar-refractivity contribution in [2.24, 2.45) is 5.92 Å². The van der Waals surface area contributed by atoms with E-state index in [4.69, 9.17) is 0 Å². The van der Waals surface area contributed by atoms with Gasteiger partial charge in [0.2, 0.25) is 0 Å². The van der Waals surface area contributed by atoms with Gasteiger partial charge in [-0.25, -0.2) is 4.68 Å². The maximum atomic E-state index is 4.57. The van der Waals surface area contributed by atoms with E-state index in [-0.39, 0.29) is 6.04 Å². The van der Waals surface area contributed by atoms with E-state index in [1.54, 1.807) is 0 Å². The fraction of sp³-hybridized carbons (Fsp3) is 0.560. The summed E-state index contributed by atoms with van der Waals surface area (Å²) in [6.07, 6.45) is 13.6. The Morgan fingerprint density at radius 3 is 2.76 bits per heavy atom. The Balaban J connectivity index is 1.11. The second-order valence-corrected chi connectivity index (χ2v) is 9.99. The first kappa shape index (κ1) is 20.7. The molecular formula is C25H32N8. The van der Waals surface area contributed by atoms with Gasteiger partial charge in [0, 0.05) is 37.1 Å². The number of aromatic nitrogens is 6. The predicted octanol–water partition coefficient (Wildman–Crippen LogP) is 3.59. The highest BCUT2D eigenvalue weighted by Crippen LogP contribution is 2.40. The van der Waals surface area contributed by atoms with E-state index < -0.39 is 0 Å². The van der Waals surface area contributed by atoms with Gasteiger partial charge in [-0.1, -0.05) is 5.21 Å². The quantitative estimate of drug-likeness (QED) is 0.568. The molecule has 3 aromatic rings. The fourth-order valence-electron chi connectivity index (χ4n) is 4.71. The molecule has 2 saturated carbocycles. The fourth-order valence-corrected chi connectivity index (χ4v) is 4.71. The van der Waals surface area contributed by atoms with Crippen LogP contribution < -0.4 is 10.2 Å². The molecule has 3 aromatic heterocycles. The lowest BCUT2D eigenvalue weighted by Gasteiger charge is -2.34. The van der Waals surface area contributed by atoms with Crippen molar-refractivity contribution < 1.29 is 0 Å². The second-order valence-electron chi connectivity index (χ2n) is 9.99. The molecule has 2 unspecified atom stereocenters. The molecule has 172 valence electrons. The minimum Gasteiger partial charge on any atom is -0.354 e. The van der Waals surface area contributed by atoms with E-state index >= 15 is 0 Å². The van der Waals surface area contributed by atoms with Crippen molar-refractivity contribution in [1.29, 1.82) is 0 Å². The van der Waals surface area contributed by atoms with Gasteiger partial charge in [0.15, 0.2) is 5.82 Å². The summed E-state index contributed by atoms with van der Waals surface area (Å²) < 4.78 is 1.86. The molecule has 6 rings (SSSR count). The summed E-state index contributed by atoms with van der Waals surface area (Å²) in [6.45, 7) is 5.31. The van der Waals surface area contributed by atoms with Gasteiger partial charge < -0.3 is 10.2 Å². The van der Waals surface area contributed by atoms with Crippen LogP contribution in [0.3, 0.4) is 0 Å². The van der Waals surface area contributed by atoms with E-state index in [0.717, 1.165) is 41.8 Å². The van der Waals surface area contributed by atoms with Gasteiger partial charge in [0.05, 0.1) is 17.9 Å². The molecule has 0 bridgehead atoms. The molecule has 33 heavy (non-hydrogen) atoms. The molecule has 4 heterocycles. The predicted molar refractivity (Wildman–Crippen MR) is 127 cm³/mol. The Hall–Kier alpha value is -2.87. The zero-order valence-corrected chi connectivity index (χ0v) is 19.3. The molecule has 2 atom stereocenters. The van der Waals surface area contributed by atoms with Crippen molar-refractivity contribution >= 4 is 5.82 Å². The topological polar surface area (TPSA) is 84.6 Å². The van der Waals surface area contributed by atoms with Crippen molar-refractivity contribution in [3.05, 3.63) is 48.0 Å². The first-order valence-corrected chi connectivity index (χ1v) is 12.4. The van der Waals surface area contributed by atoms with Crippen LogP contribution in [0.25, 0.3) is 11.3 Å². The third kappa shape index (κ3) is 4.76. The van der Waals surface area contributed by atoms with Gasteiger partial charge in [0.25, 0.3) is 0 Å². The maximum Gasteiger partial charge on any atom is 0.151 e. The minimum absolute atomic E-state index is 0.0401. The Kier molecular flexibility index (Phi) is 5.54. The Bertz CT molecular complexity index is 1090. The van der Waals surface area contributed by atoms with Crippen molar-refractivity contribution in [2.45, 2.75) is 63.5 Å². The van der Waals surface area contributed by atoms with Crippen LogP contribution >= 0.6 is 0 Å². The number of hydrogen-bond acceptors (Lipinski definition) is 7. The smallest absolute Gasteiger partial charge is 0.151 e. The number of piperidine rings is 1.